The maximum absolute atomic E-state index is 5.64. The van der Waals surface area contributed by atoms with Gasteiger partial charge in [0.2, 0.25) is 0 Å². The first-order valence-corrected chi connectivity index (χ1v) is 6.74. The molecule has 0 aliphatic heterocycles. The van der Waals surface area contributed by atoms with E-state index in [4.69, 9.17) is 14.2 Å². The molecule has 3 nitrogen and oxygen atoms in total. The molecular formula is C14H29O3. The first-order valence-electron chi connectivity index (χ1n) is 6.74. The van der Waals surface area contributed by atoms with Crippen molar-refractivity contribution < 1.29 is 14.2 Å². The zero-order valence-corrected chi connectivity index (χ0v) is 11.9. The van der Waals surface area contributed by atoms with Crippen molar-refractivity contribution in [3.05, 3.63) is 6.92 Å². The smallest absolute Gasteiger partial charge is 0.0781 e. The molecule has 1 radical (unpaired) electrons. The molecule has 0 spiro atoms. The third-order valence-corrected chi connectivity index (χ3v) is 2.38. The summed E-state index contributed by atoms with van der Waals surface area (Å²) in [5.74, 6) is 0. The summed E-state index contributed by atoms with van der Waals surface area (Å²) < 4.78 is 16.6. The summed E-state index contributed by atoms with van der Waals surface area (Å²) >= 11 is 0. The summed E-state index contributed by atoms with van der Waals surface area (Å²) in [6.07, 6.45) is 3.87. The van der Waals surface area contributed by atoms with E-state index in [1.807, 2.05) is 20.8 Å². The fourth-order valence-electron chi connectivity index (χ4n) is 1.33. The minimum Gasteiger partial charge on any atom is -0.376 e. The van der Waals surface area contributed by atoms with E-state index in [2.05, 4.69) is 13.8 Å². The zero-order chi connectivity index (χ0) is 13.1. The monoisotopic (exact) mass is 245 g/mol. The maximum Gasteiger partial charge on any atom is 0.0781 e. The zero-order valence-electron chi connectivity index (χ0n) is 11.9. The molecule has 0 saturated heterocycles. The van der Waals surface area contributed by atoms with Gasteiger partial charge in [-0.05, 0) is 34.1 Å². The highest BCUT2D eigenvalue weighted by molar-refractivity contribution is 4.56. The molecule has 0 heterocycles. The van der Waals surface area contributed by atoms with Crippen molar-refractivity contribution in [1.82, 2.24) is 0 Å². The van der Waals surface area contributed by atoms with Crippen LogP contribution in [0.1, 0.15) is 47.0 Å². The van der Waals surface area contributed by atoms with E-state index in [-0.39, 0.29) is 18.3 Å². The lowest BCUT2D eigenvalue weighted by molar-refractivity contribution is -0.0631. The van der Waals surface area contributed by atoms with Gasteiger partial charge < -0.3 is 14.2 Å². The summed E-state index contributed by atoms with van der Waals surface area (Å²) in [7, 11) is 0. The Morgan fingerprint density at radius 2 is 1.47 bits per heavy atom. The van der Waals surface area contributed by atoms with Crippen LogP contribution in [0.25, 0.3) is 0 Å². The normalized spacial score (nSPS) is 15.2. The van der Waals surface area contributed by atoms with Crippen LogP contribution >= 0.6 is 0 Å². The van der Waals surface area contributed by atoms with Crippen LogP contribution in [0.4, 0.5) is 0 Å². The molecule has 0 fully saturated rings. The molecular weight excluding hydrogens is 216 g/mol. The number of rotatable bonds is 11. The Morgan fingerprint density at radius 1 is 0.882 bits per heavy atom. The highest BCUT2D eigenvalue weighted by atomic mass is 16.6. The number of hydrogen-bond donors (Lipinski definition) is 0. The van der Waals surface area contributed by atoms with Crippen LogP contribution in [0.15, 0.2) is 0 Å². The topological polar surface area (TPSA) is 27.7 Å². The Kier molecular flexibility index (Phi) is 10.9. The molecule has 17 heavy (non-hydrogen) atoms. The first kappa shape index (κ1) is 16.9. The molecule has 0 saturated carbocycles. The fourth-order valence-corrected chi connectivity index (χ4v) is 1.33. The molecule has 103 valence electrons. The largest absolute Gasteiger partial charge is 0.376 e. The molecule has 0 amide bonds. The van der Waals surface area contributed by atoms with E-state index in [0.29, 0.717) is 13.2 Å². The van der Waals surface area contributed by atoms with Crippen LogP contribution in [-0.2, 0) is 14.2 Å². The summed E-state index contributed by atoms with van der Waals surface area (Å²) in [6, 6.07) is 0. The number of unbranched alkanes of at least 4 members (excludes halogenated alkanes) is 2. The van der Waals surface area contributed by atoms with Crippen molar-refractivity contribution in [2.24, 2.45) is 0 Å². The second-order valence-electron chi connectivity index (χ2n) is 4.68. The standard InChI is InChI=1S/C14H29O3/c1-6-7-8-9-15-13(4)11-17-14(5)10-16-12(2)3/h12-14H,2,6-11H2,1,3-5H3. The Bertz CT molecular complexity index is 160. The maximum atomic E-state index is 5.64. The van der Waals surface area contributed by atoms with Gasteiger partial charge in [0.25, 0.3) is 0 Å². The summed E-state index contributed by atoms with van der Waals surface area (Å²) in [5, 5.41) is 0. The summed E-state index contributed by atoms with van der Waals surface area (Å²) in [4.78, 5) is 0. The molecule has 0 aliphatic carbocycles. The molecule has 0 aromatic rings. The first-order chi connectivity index (χ1) is 8.06. The Hall–Kier alpha value is -0.120. The van der Waals surface area contributed by atoms with Crippen molar-refractivity contribution >= 4 is 0 Å². The van der Waals surface area contributed by atoms with Crippen molar-refractivity contribution in [2.75, 3.05) is 19.8 Å². The van der Waals surface area contributed by atoms with Crippen molar-refractivity contribution in [3.8, 4) is 0 Å². The predicted molar refractivity (Wildman–Crippen MR) is 71.1 cm³/mol. The SMILES string of the molecule is [CH2]C(C)OCC(C)OCC(C)OCCCCC. The van der Waals surface area contributed by atoms with Crippen LogP contribution in [0.3, 0.4) is 0 Å². The van der Waals surface area contributed by atoms with Gasteiger partial charge >= 0.3 is 0 Å². The van der Waals surface area contributed by atoms with Gasteiger partial charge in [-0.2, -0.15) is 0 Å². The molecule has 0 aromatic carbocycles. The highest BCUT2D eigenvalue weighted by Gasteiger charge is 2.07. The van der Waals surface area contributed by atoms with Gasteiger partial charge in [-0.25, -0.2) is 0 Å². The van der Waals surface area contributed by atoms with Gasteiger partial charge in [0, 0.05) is 6.61 Å². The summed E-state index contributed by atoms with van der Waals surface area (Å²) in [6.45, 7) is 14.0. The molecule has 0 rings (SSSR count). The quantitative estimate of drug-likeness (QED) is 0.523. The van der Waals surface area contributed by atoms with Gasteiger partial charge in [-0.3, -0.25) is 0 Å². The Morgan fingerprint density at radius 3 is 2.06 bits per heavy atom. The third-order valence-electron chi connectivity index (χ3n) is 2.38. The lowest BCUT2D eigenvalue weighted by Crippen LogP contribution is -2.24. The van der Waals surface area contributed by atoms with Crippen LogP contribution in [-0.4, -0.2) is 38.1 Å². The van der Waals surface area contributed by atoms with E-state index in [1.165, 1.54) is 12.8 Å². The minimum atomic E-state index is 0.0174. The van der Waals surface area contributed by atoms with Gasteiger partial charge in [0.05, 0.1) is 31.5 Å². The molecule has 0 bridgehead atoms. The number of ether oxygens (including phenoxy) is 3. The second kappa shape index (κ2) is 11.0. The van der Waals surface area contributed by atoms with Crippen LogP contribution in [0.2, 0.25) is 0 Å². The van der Waals surface area contributed by atoms with Crippen molar-refractivity contribution in [2.45, 2.75) is 65.3 Å². The highest BCUT2D eigenvalue weighted by Crippen LogP contribution is 2.01. The Balaban J connectivity index is 3.38. The van der Waals surface area contributed by atoms with Crippen LogP contribution < -0.4 is 0 Å². The third kappa shape index (κ3) is 12.1. The molecule has 3 unspecified atom stereocenters. The van der Waals surface area contributed by atoms with Crippen molar-refractivity contribution in [1.29, 1.82) is 0 Å². The molecule has 0 aliphatic rings. The second-order valence-corrected chi connectivity index (χ2v) is 4.68. The van der Waals surface area contributed by atoms with Gasteiger partial charge in [-0.1, -0.05) is 19.8 Å². The lowest BCUT2D eigenvalue weighted by Gasteiger charge is -2.18. The average Bonchev–Trinajstić information content (AvgIpc) is 2.29. The molecule has 3 atom stereocenters. The van der Waals surface area contributed by atoms with E-state index in [0.717, 1.165) is 13.0 Å². The fraction of sp³-hybridized carbons (Fsp3) is 0.929. The van der Waals surface area contributed by atoms with E-state index < -0.39 is 0 Å². The molecule has 3 heteroatoms. The number of hydrogen-bond acceptors (Lipinski definition) is 3. The average molecular weight is 245 g/mol. The molecule has 0 N–H and O–H groups in total. The van der Waals surface area contributed by atoms with E-state index in [9.17, 15) is 0 Å². The van der Waals surface area contributed by atoms with E-state index in [1.54, 1.807) is 0 Å². The van der Waals surface area contributed by atoms with Gasteiger partial charge in [0.15, 0.2) is 0 Å². The van der Waals surface area contributed by atoms with Gasteiger partial charge in [-0.15, -0.1) is 0 Å². The predicted octanol–water partition coefficient (Wildman–Crippen LogP) is 3.23. The van der Waals surface area contributed by atoms with Crippen LogP contribution in [0.5, 0.6) is 0 Å². The van der Waals surface area contributed by atoms with E-state index >= 15 is 0 Å². The molecule has 0 aromatic heterocycles. The van der Waals surface area contributed by atoms with Gasteiger partial charge in [0.1, 0.15) is 0 Å². The lowest BCUT2D eigenvalue weighted by atomic mass is 10.3. The summed E-state index contributed by atoms with van der Waals surface area (Å²) in [5.41, 5.74) is 0. The Labute approximate surface area is 107 Å². The van der Waals surface area contributed by atoms with Crippen molar-refractivity contribution in [3.63, 3.8) is 0 Å². The minimum absolute atomic E-state index is 0.0174. The van der Waals surface area contributed by atoms with Crippen LogP contribution in [0, 0.1) is 6.92 Å².